The van der Waals surface area contributed by atoms with Crippen molar-refractivity contribution in [1.82, 2.24) is 10.2 Å². The predicted molar refractivity (Wildman–Crippen MR) is 83.9 cm³/mol. The molecule has 116 valence electrons. The van der Waals surface area contributed by atoms with E-state index in [1.165, 1.54) is 24.0 Å². The molecule has 1 N–H and O–H groups in total. The molecule has 4 nitrogen and oxygen atoms in total. The summed E-state index contributed by atoms with van der Waals surface area (Å²) in [6.07, 6.45) is 3.60. The number of hydrogen-bond acceptors (Lipinski definition) is 4. The lowest BCUT2D eigenvalue weighted by Gasteiger charge is -2.28. The highest BCUT2D eigenvalue weighted by Crippen LogP contribution is 2.35. The van der Waals surface area contributed by atoms with Gasteiger partial charge in [-0.2, -0.15) is 0 Å². The Bertz CT molecular complexity index is 458. The van der Waals surface area contributed by atoms with Gasteiger partial charge in [0.05, 0.1) is 13.2 Å². The number of nitrogens with zero attached hydrogens (tertiary/aromatic N) is 1. The maximum absolute atomic E-state index is 6.09. The summed E-state index contributed by atoms with van der Waals surface area (Å²) in [5.41, 5.74) is 2.83. The fourth-order valence-corrected chi connectivity index (χ4v) is 3.36. The zero-order chi connectivity index (χ0) is 14.5. The summed E-state index contributed by atoms with van der Waals surface area (Å²) in [5, 5.41) is 3.42. The number of nitrogens with one attached hydrogen (secondary N) is 1. The Balaban J connectivity index is 1.60. The molecule has 4 heteroatoms. The largest absolute Gasteiger partial charge is 0.492 e. The molecule has 1 aliphatic carbocycles. The molecule has 0 radical (unpaired) electrons. The summed E-state index contributed by atoms with van der Waals surface area (Å²) < 4.78 is 11.5. The van der Waals surface area contributed by atoms with Crippen LogP contribution in [-0.2, 0) is 11.2 Å². The highest BCUT2D eigenvalue weighted by molar-refractivity contribution is 5.43. The van der Waals surface area contributed by atoms with Crippen LogP contribution in [0.2, 0.25) is 0 Å². The van der Waals surface area contributed by atoms with Crippen LogP contribution < -0.4 is 10.1 Å². The third kappa shape index (κ3) is 3.57. The van der Waals surface area contributed by atoms with E-state index in [0.717, 1.165) is 51.6 Å². The van der Waals surface area contributed by atoms with Gasteiger partial charge in [0.25, 0.3) is 0 Å². The van der Waals surface area contributed by atoms with Crippen molar-refractivity contribution in [2.75, 3.05) is 46.5 Å². The van der Waals surface area contributed by atoms with Crippen molar-refractivity contribution in [2.24, 2.45) is 0 Å². The zero-order valence-corrected chi connectivity index (χ0v) is 12.9. The second-order valence-corrected chi connectivity index (χ2v) is 5.86. The molecule has 1 aromatic carbocycles. The highest BCUT2D eigenvalue weighted by atomic mass is 16.5. The van der Waals surface area contributed by atoms with Crippen molar-refractivity contribution in [3.8, 4) is 5.75 Å². The van der Waals surface area contributed by atoms with Crippen LogP contribution in [-0.4, -0.2) is 51.4 Å². The van der Waals surface area contributed by atoms with Crippen LogP contribution in [0.1, 0.15) is 30.0 Å². The van der Waals surface area contributed by atoms with Crippen LogP contribution in [0.4, 0.5) is 0 Å². The maximum Gasteiger partial charge on any atom is 0.122 e. The minimum absolute atomic E-state index is 0.483. The number of benzene rings is 1. The summed E-state index contributed by atoms with van der Waals surface area (Å²) in [4.78, 5) is 2.41. The second kappa shape index (κ2) is 7.25. The smallest absolute Gasteiger partial charge is 0.122 e. The van der Waals surface area contributed by atoms with E-state index in [-0.39, 0.29) is 0 Å². The van der Waals surface area contributed by atoms with Gasteiger partial charge < -0.3 is 14.8 Å². The molecule has 0 aromatic heterocycles. The molecule has 0 amide bonds. The van der Waals surface area contributed by atoms with E-state index in [1.807, 2.05) is 7.05 Å². The van der Waals surface area contributed by atoms with Crippen LogP contribution >= 0.6 is 0 Å². The SMILES string of the molecule is CNC1CCCc2c(OCCN3CCOCC3)cccc21. The van der Waals surface area contributed by atoms with Gasteiger partial charge in [0.15, 0.2) is 0 Å². The molecule has 0 spiro atoms. The lowest BCUT2D eigenvalue weighted by molar-refractivity contribution is 0.0322. The van der Waals surface area contributed by atoms with Gasteiger partial charge in [-0.05, 0) is 43.5 Å². The van der Waals surface area contributed by atoms with Gasteiger partial charge >= 0.3 is 0 Å². The molecule has 21 heavy (non-hydrogen) atoms. The molecule has 1 heterocycles. The lowest BCUT2D eigenvalue weighted by Crippen LogP contribution is -2.38. The van der Waals surface area contributed by atoms with Gasteiger partial charge in [0, 0.05) is 25.7 Å². The average molecular weight is 290 g/mol. The first-order valence-electron chi connectivity index (χ1n) is 8.10. The van der Waals surface area contributed by atoms with E-state index in [0.29, 0.717) is 6.04 Å². The molecular weight excluding hydrogens is 264 g/mol. The normalized spacial score (nSPS) is 22.8. The van der Waals surface area contributed by atoms with Gasteiger partial charge in [0.2, 0.25) is 0 Å². The molecule has 0 saturated carbocycles. The molecule has 2 aliphatic rings. The Hall–Kier alpha value is -1.10. The van der Waals surface area contributed by atoms with Crippen LogP contribution in [0.5, 0.6) is 5.75 Å². The van der Waals surface area contributed by atoms with Crippen molar-refractivity contribution in [3.63, 3.8) is 0 Å². The molecule has 3 rings (SSSR count). The fourth-order valence-electron chi connectivity index (χ4n) is 3.36. The van der Waals surface area contributed by atoms with Gasteiger partial charge in [-0.15, -0.1) is 0 Å². The summed E-state index contributed by atoms with van der Waals surface area (Å²) in [5.74, 6) is 1.08. The van der Waals surface area contributed by atoms with Gasteiger partial charge in [-0.3, -0.25) is 4.90 Å². The summed E-state index contributed by atoms with van der Waals surface area (Å²) >= 11 is 0. The third-order valence-corrected chi connectivity index (χ3v) is 4.58. The van der Waals surface area contributed by atoms with Crippen LogP contribution in [0, 0.1) is 0 Å². The maximum atomic E-state index is 6.09. The third-order valence-electron chi connectivity index (χ3n) is 4.58. The molecule has 0 bridgehead atoms. The van der Waals surface area contributed by atoms with E-state index >= 15 is 0 Å². The number of morpholine rings is 1. The Kier molecular flexibility index (Phi) is 5.12. The number of fused-ring (bicyclic) bond motifs is 1. The standard InChI is InChI=1S/C17H26N2O2/c1-18-16-6-2-5-15-14(16)4-3-7-17(15)21-13-10-19-8-11-20-12-9-19/h3-4,7,16,18H,2,5-6,8-13H2,1H3. The van der Waals surface area contributed by atoms with Crippen molar-refractivity contribution >= 4 is 0 Å². The molecule has 1 aromatic rings. The Labute approximate surface area is 127 Å². The molecule has 1 atom stereocenters. The topological polar surface area (TPSA) is 33.7 Å². The number of rotatable bonds is 5. The minimum Gasteiger partial charge on any atom is -0.492 e. The quantitative estimate of drug-likeness (QED) is 0.899. The van der Waals surface area contributed by atoms with Crippen molar-refractivity contribution in [2.45, 2.75) is 25.3 Å². The van der Waals surface area contributed by atoms with Crippen molar-refractivity contribution in [1.29, 1.82) is 0 Å². The average Bonchev–Trinajstić information content (AvgIpc) is 2.55. The Morgan fingerprint density at radius 2 is 2.19 bits per heavy atom. The van der Waals surface area contributed by atoms with Gasteiger partial charge in [-0.25, -0.2) is 0 Å². The van der Waals surface area contributed by atoms with Crippen LogP contribution in [0.3, 0.4) is 0 Å². The summed E-state index contributed by atoms with van der Waals surface area (Å²) in [6.45, 7) is 5.51. The predicted octanol–water partition coefficient (Wildman–Crippen LogP) is 1.99. The second-order valence-electron chi connectivity index (χ2n) is 5.86. The lowest BCUT2D eigenvalue weighted by atomic mass is 9.87. The molecular formula is C17H26N2O2. The Morgan fingerprint density at radius 3 is 3.00 bits per heavy atom. The molecule has 1 aliphatic heterocycles. The first-order valence-corrected chi connectivity index (χ1v) is 8.10. The highest BCUT2D eigenvalue weighted by Gasteiger charge is 2.21. The van der Waals surface area contributed by atoms with Crippen molar-refractivity contribution in [3.05, 3.63) is 29.3 Å². The summed E-state index contributed by atoms with van der Waals surface area (Å²) in [7, 11) is 2.05. The van der Waals surface area contributed by atoms with Crippen molar-refractivity contribution < 1.29 is 9.47 Å². The minimum atomic E-state index is 0.483. The molecule has 1 saturated heterocycles. The number of ether oxygens (including phenoxy) is 2. The number of hydrogen-bond donors (Lipinski definition) is 1. The van der Waals surface area contributed by atoms with E-state index in [9.17, 15) is 0 Å². The van der Waals surface area contributed by atoms with Gasteiger partial charge in [0.1, 0.15) is 12.4 Å². The monoisotopic (exact) mass is 290 g/mol. The van der Waals surface area contributed by atoms with Gasteiger partial charge in [-0.1, -0.05) is 12.1 Å². The van der Waals surface area contributed by atoms with E-state index < -0.39 is 0 Å². The van der Waals surface area contributed by atoms with E-state index in [2.05, 4.69) is 28.4 Å². The summed E-state index contributed by atoms with van der Waals surface area (Å²) in [6, 6.07) is 6.97. The molecule has 1 unspecified atom stereocenters. The fraction of sp³-hybridized carbons (Fsp3) is 0.647. The van der Waals surface area contributed by atoms with E-state index in [4.69, 9.17) is 9.47 Å². The first kappa shape index (κ1) is 14.8. The Morgan fingerprint density at radius 1 is 1.33 bits per heavy atom. The zero-order valence-electron chi connectivity index (χ0n) is 12.9. The van der Waals surface area contributed by atoms with Crippen LogP contribution in [0.25, 0.3) is 0 Å². The first-order chi connectivity index (χ1) is 10.4. The van der Waals surface area contributed by atoms with Crippen LogP contribution in [0.15, 0.2) is 18.2 Å². The van der Waals surface area contributed by atoms with E-state index in [1.54, 1.807) is 0 Å². The molecule has 1 fully saturated rings.